The normalized spacial score (nSPS) is 36.4. The van der Waals surface area contributed by atoms with E-state index in [0.29, 0.717) is 5.56 Å². The van der Waals surface area contributed by atoms with Crippen LogP contribution in [0.4, 0.5) is 0 Å². The van der Waals surface area contributed by atoms with Gasteiger partial charge in [-0.05, 0) is 18.2 Å². The summed E-state index contributed by atoms with van der Waals surface area (Å²) in [5.74, 6) is -0.481. The predicted octanol–water partition coefficient (Wildman–Crippen LogP) is -2.43. The zero-order chi connectivity index (χ0) is 30.3. The summed E-state index contributed by atoms with van der Waals surface area (Å²) in [4.78, 5) is 0. The molecule has 10 N–H and O–H groups in total. The standard InChI is InChI=1S/C27H32O15/c28-8-17-19(32)21(34)23(36)26(41-17)38-12-5-14(31)13-7-16(40-27-24(37)22(35)20(33)18(9-29)42-27)25(39-15(13)6-12)10-1-3-11(30)4-2-10/h1-7,17-37H,8-9H2/t17-,18-,19-,20-,21+,22+,23-,24+,25?,26-,27-/m1/s1. The maximum atomic E-state index is 10.8. The first-order valence-electron chi connectivity index (χ1n) is 13.0. The van der Waals surface area contributed by atoms with Gasteiger partial charge in [-0.15, -0.1) is 0 Å². The molecule has 42 heavy (non-hydrogen) atoms. The Morgan fingerprint density at radius 1 is 0.667 bits per heavy atom. The van der Waals surface area contributed by atoms with E-state index in [4.69, 9.17) is 23.7 Å². The van der Waals surface area contributed by atoms with E-state index in [1.807, 2.05) is 0 Å². The number of aromatic hydroxyl groups is 2. The summed E-state index contributed by atoms with van der Waals surface area (Å²) in [7, 11) is 0. The number of benzene rings is 2. The van der Waals surface area contributed by atoms with Crippen LogP contribution in [0.3, 0.4) is 0 Å². The lowest BCUT2D eigenvalue weighted by Crippen LogP contribution is -2.60. The number of rotatable bonds is 7. The van der Waals surface area contributed by atoms with Gasteiger partial charge in [0.05, 0.1) is 18.8 Å². The Bertz CT molecular complexity index is 1260. The molecule has 0 spiro atoms. The molecule has 2 aromatic carbocycles. The molecule has 230 valence electrons. The topological polar surface area (TPSA) is 248 Å². The van der Waals surface area contributed by atoms with Crippen LogP contribution in [-0.2, 0) is 14.2 Å². The molecule has 1 unspecified atom stereocenters. The molecule has 3 aliphatic rings. The molecule has 0 aliphatic carbocycles. The van der Waals surface area contributed by atoms with Crippen LogP contribution in [0.2, 0.25) is 0 Å². The van der Waals surface area contributed by atoms with Gasteiger partial charge in [-0.1, -0.05) is 12.1 Å². The second kappa shape index (κ2) is 12.2. The minimum atomic E-state index is -1.73. The quantitative estimate of drug-likeness (QED) is 0.160. The van der Waals surface area contributed by atoms with Crippen molar-refractivity contribution in [1.29, 1.82) is 0 Å². The van der Waals surface area contributed by atoms with Gasteiger partial charge in [0.2, 0.25) is 12.6 Å². The summed E-state index contributed by atoms with van der Waals surface area (Å²) >= 11 is 0. The Kier molecular flexibility index (Phi) is 8.77. The highest BCUT2D eigenvalue weighted by Gasteiger charge is 2.47. The van der Waals surface area contributed by atoms with Gasteiger partial charge >= 0.3 is 0 Å². The van der Waals surface area contributed by atoms with Crippen LogP contribution < -0.4 is 9.47 Å². The van der Waals surface area contributed by atoms with Crippen molar-refractivity contribution < 1.29 is 74.7 Å². The van der Waals surface area contributed by atoms with Crippen molar-refractivity contribution in [2.24, 2.45) is 0 Å². The van der Waals surface area contributed by atoms with Gasteiger partial charge in [-0.25, -0.2) is 0 Å². The molecular weight excluding hydrogens is 564 g/mol. The number of fused-ring (bicyclic) bond motifs is 1. The third kappa shape index (κ3) is 5.71. The third-order valence-electron chi connectivity index (χ3n) is 7.28. The lowest BCUT2D eigenvalue weighted by molar-refractivity contribution is -0.293. The number of aliphatic hydroxyl groups is 8. The largest absolute Gasteiger partial charge is 0.508 e. The molecule has 3 heterocycles. The first kappa shape index (κ1) is 30.2. The molecule has 2 saturated heterocycles. The molecule has 0 radical (unpaired) electrons. The molecule has 5 rings (SSSR count). The zero-order valence-electron chi connectivity index (χ0n) is 21.8. The summed E-state index contributed by atoms with van der Waals surface area (Å²) < 4.78 is 28.4. The van der Waals surface area contributed by atoms with Crippen molar-refractivity contribution in [3.63, 3.8) is 0 Å². The second-order valence-electron chi connectivity index (χ2n) is 10.1. The summed E-state index contributed by atoms with van der Waals surface area (Å²) in [6.07, 6.45) is -15.3. The molecule has 15 nitrogen and oxygen atoms in total. The Labute approximate surface area is 238 Å². The fourth-order valence-electron chi connectivity index (χ4n) is 4.88. The van der Waals surface area contributed by atoms with Crippen molar-refractivity contribution in [3.8, 4) is 23.0 Å². The monoisotopic (exact) mass is 596 g/mol. The van der Waals surface area contributed by atoms with Gasteiger partial charge in [0.15, 0.2) is 6.10 Å². The van der Waals surface area contributed by atoms with Crippen molar-refractivity contribution >= 4 is 6.08 Å². The van der Waals surface area contributed by atoms with Crippen LogP contribution in [0.1, 0.15) is 17.2 Å². The molecule has 2 fully saturated rings. The van der Waals surface area contributed by atoms with Gasteiger partial charge < -0.3 is 74.7 Å². The number of phenolic OH excluding ortho intramolecular Hbond substituents is 2. The van der Waals surface area contributed by atoms with Crippen molar-refractivity contribution in [1.82, 2.24) is 0 Å². The molecule has 0 saturated carbocycles. The van der Waals surface area contributed by atoms with Gasteiger partial charge in [-0.3, -0.25) is 0 Å². The Morgan fingerprint density at radius 2 is 1.21 bits per heavy atom. The Hall–Kier alpha value is -3.22. The first-order valence-corrected chi connectivity index (χ1v) is 13.0. The molecule has 3 aliphatic heterocycles. The van der Waals surface area contributed by atoms with E-state index in [2.05, 4.69) is 0 Å². The maximum absolute atomic E-state index is 10.8. The molecule has 0 aromatic heterocycles. The predicted molar refractivity (Wildman–Crippen MR) is 137 cm³/mol. The van der Waals surface area contributed by atoms with E-state index in [0.717, 1.165) is 6.07 Å². The minimum Gasteiger partial charge on any atom is -0.508 e. The van der Waals surface area contributed by atoms with Crippen molar-refractivity contribution in [2.75, 3.05) is 13.2 Å². The minimum absolute atomic E-state index is 0.0181. The van der Waals surface area contributed by atoms with E-state index >= 15 is 0 Å². The summed E-state index contributed by atoms with van der Waals surface area (Å²) in [6, 6.07) is 8.29. The van der Waals surface area contributed by atoms with Gasteiger partial charge in [0.1, 0.15) is 77.6 Å². The Morgan fingerprint density at radius 3 is 1.76 bits per heavy atom. The number of aliphatic hydroxyl groups excluding tert-OH is 8. The first-order chi connectivity index (χ1) is 20.0. The summed E-state index contributed by atoms with van der Waals surface area (Å²) in [5, 5.41) is 101. The lowest BCUT2D eigenvalue weighted by Gasteiger charge is -2.41. The molecule has 15 heteroatoms. The van der Waals surface area contributed by atoms with Gasteiger partial charge in [-0.2, -0.15) is 0 Å². The maximum Gasteiger partial charge on any atom is 0.229 e. The molecular formula is C27H32O15. The van der Waals surface area contributed by atoms with E-state index in [-0.39, 0.29) is 28.6 Å². The van der Waals surface area contributed by atoms with E-state index < -0.39 is 86.5 Å². The highest BCUT2D eigenvalue weighted by atomic mass is 16.7. The Balaban J connectivity index is 1.46. The molecule has 11 atom stereocenters. The highest BCUT2D eigenvalue weighted by Crippen LogP contribution is 2.45. The number of hydrogen-bond donors (Lipinski definition) is 10. The highest BCUT2D eigenvalue weighted by molar-refractivity contribution is 5.70. The van der Waals surface area contributed by atoms with Crippen molar-refractivity contribution in [3.05, 3.63) is 53.3 Å². The SMILES string of the molecule is OC[C@H]1O[C@@H](OC2=Cc3c(O)cc(O[C@@H]4O[C@H](CO)[C@@H](O)[C@H](O)[C@H]4O)cc3OC2c2ccc(O)cc2)[C@@H](O)[C@@H](O)[C@@H]1O. The van der Waals surface area contributed by atoms with E-state index in [1.54, 1.807) is 0 Å². The molecule has 0 bridgehead atoms. The van der Waals surface area contributed by atoms with Crippen LogP contribution in [0, 0.1) is 0 Å². The van der Waals surface area contributed by atoms with Gasteiger partial charge in [0.25, 0.3) is 0 Å². The van der Waals surface area contributed by atoms with E-state index in [9.17, 15) is 51.1 Å². The van der Waals surface area contributed by atoms with Crippen LogP contribution in [0.15, 0.2) is 42.2 Å². The average Bonchev–Trinajstić information content (AvgIpc) is 2.98. The van der Waals surface area contributed by atoms with Crippen LogP contribution >= 0.6 is 0 Å². The summed E-state index contributed by atoms with van der Waals surface area (Å²) in [6.45, 7) is -1.34. The third-order valence-corrected chi connectivity index (χ3v) is 7.28. The summed E-state index contributed by atoms with van der Waals surface area (Å²) in [5.41, 5.74) is 0.528. The van der Waals surface area contributed by atoms with Crippen molar-refractivity contribution in [2.45, 2.75) is 67.5 Å². The van der Waals surface area contributed by atoms with Crippen LogP contribution in [-0.4, -0.2) is 126 Å². The molecule has 0 amide bonds. The average molecular weight is 597 g/mol. The number of ether oxygens (including phenoxy) is 5. The number of phenols is 2. The second-order valence-corrected chi connectivity index (χ2v) is 10.1. The van der Waals surface area contributed by atoms with E-state index in [1.165, 1.54) is 36.4 Å². The fraction of sp³-hybridized carbons (Fsp3) is 0.481. The molecule has 2 aromatic rings. The lowest BCUT2D eigenvalue weighted by atomic mass is 9.98. The van der Waals surface area contributed by atoms with Crippen LogP contribution in [0.5, 0.6) is 23.0 Å². The number of hydrogen-bond acceptors (Lipinski definition) is 15. The smallest absolute Gasteiger partial charge is 0.229 e. The van der Waals surface area contributed by atoms with Gasteiger partial charge in [0, 0.05) is 17.7 Å². The van der Waals surface area contributed by atoms with Crippen LogP contribution in [0.25, 0.3) is 6.08 Å². The fourth-order valence-corrected chi connectivity index (χ4v) is 4.88. The zero-order valence-corrected chi connectivity index (χ0v) is 21.8.